The monoisotopic (exact) mass is 286 g/mol. The van der Waals surface area contributed by atoms with Crippen molar-refractivity contribution in [2.45, 2.75) is 13.0 Å². The number of ether oxygens (including phenoxy) is 3. The molecule has 0 saturated carbocycles. The van der Waals surface area contributed by atoms with E-state index in [9.17, 15) is 4.39 Å². The lowest BCUT2D eigenvalue weighted by atomic mass is 9.79. The van der Waals surface area contributed by atoms with Crippen LogP contribution in [-0.2, 0) is 20.8 Å². The van der Waals surface area contributed by atoms with E-state index in [1.807, 2.05) is 0 Å². The lowest BCUT2D eigenvalue weighted by molar-refractivity contribution is 0.0483. The van der Waals surface area contributed by atoms with Crippen LogP contribution in [0.5, 0.6) is 0 Å². The van der Waals surface area contributed by atoms with E-state index in [-0.39, 0.29) is 12.1 Å². The van der Waals surface area contributed by atoms with Gasteiger partial charge in [0.15, 0.2) is 0 Å². The predicted octanol–water partition coefficient (Wildman–Crippen LogP) is 0.0752. The van der Waals surface area contributed by atoms with Crippen LogP contribution in [0.4, 0.5) is 4.39 Å². The molecule has 0 atom stereocenters. The van der Waals surface area contributed by atoms with Gasteiger partial charge in [-0.3, -0.25) is 0 Å². The quantitative estimate of drug-likeness (QED) is 0.471. The minimum Gasteiger partial charge on any atom is -0.423 e. The van der Waals surface area contributed by atoms with E-state index in [4.69, 9.17) is 24.3 Å². The van der Waals surface area contributed by atoms with Gasteiger partial charge in [0.25, 0.3) is 0 Å². The molecule has 7 heteroatoms. The Kier molecular flexibility index (Phi) is 8.40. The Hall–Kier alpha value is -0.985. The molecule has 5 nitrogen and oxygen atoms in total. The van der Waals surface area contributed by atoms with Crippen LogP contribution in [0.1, 0.15) is 12.0 Å². The lowest BCUT2D eigenvalue weighted by Crippen LogP contribution is -2.30. The van der Waals surface area contributed by atoms with Gasteiger partial charge in [-0.1, -0.05) is 6.07 Å². The Morgan fingerprint density at radius 1 is 1.05 bits per heavy atom. The Bertz CT molecular complexity index is 389. The van der Waals surface area contributed by atoms with E-state index >= 15 is 0 Å². The zero-order valence-corrected chi connectivity index (χ0v) is 11.5. The van der Waals surface area contributed by atoms with Gasteiger partial charge in [0, 0.05) is 20.3 Å². The average Bonchev–Trinajstić information content (AvgIpc) is 2.41. The third kappa shape index (κ3) is 6.97. The molecule has 0 aromatic heterocycles. The van der Waals surface area contributed by atoms with Crippen LogP contribution in [0.2, 0.25) is 0 Å². The molecule has 20 heavy (non-hydrogen) atoms. The summed E-state index contributed by atoms with van der Waals surface area (Å²) in [6, 6.07) is 3.89. The van der Waals surface area contributed by atoms with Crippen LogP contribution in [0.15, 0.2) is 18.2 Å². The third-order valence-corrected chi connectivity index (χ3v) is 2.56. The Labute approximate surface area is 118 Å². The molecule has 0 fully saturated rings. The van der Waals surface area contributed by atoms with E-state index < -0.39 is 12.9 Å². The topological polar surface area (TPSA) is 68.2 Å². The average molecular weight is 286 g/mol. The Morgan fingerprint density at radius 2 is 1.80 bits per heavy atom. The predicted molar refractivity (Wildman–Crippen MR) is 73.2 cm³/mol. The minimum atomic E-state index is -1.68. The molecule has 0 heterocycles. The fourth-order valence-electron chi connectivity index (χ4n) is 1.61. The van der Waals surface area contributed by atoms with Gasteiger partial charge in [-0.15, -0.1) is 0 Å². The van der Waals surface area contributed by atoms with Crippen LogP contribution >= 0.6 is 0 Å². The van der Waals surface area contributed by atoms with Crippen molar-refractivity contribution in [1.29, 1.82) is 0 Å². The lowest BCUT2D eigenvalue weighted by Gasteiger charge is -2.07. The summed E-state index contributed by atoms with van der Waals surface area (Å²) in [4.78, 5) is 0. The van der Waals surface area contributed by atoms with Crippen LogP contribution in [-0.4, -0.2) is 50.7 Å². The molecule has 1 aromatic rings. The molecule has 0 saturated heterocycles. The van der Waals surface area contributed by atoms with Gasteiger partial charge in [-0.2, -0.15) is 0 Å². The highest BCUT2D eigenvalue weighted by Gasteiger charge is 2.13. The standard InChI is InChI=1S/C13H20BFO5/c1-18-5-6-19-3-2-4-20-10-11-7-12(14(16)17)9-13(15)8-11/h7-9,16-17H,2-6,10H2,1H3. The number of benzene rings is 1. The molecule has 1 rings (SSSR count). The van der Waals surface area contributed by atoms with Gasteiger partial charge >= 0.3 is 7.12 Å². The Balaban J connectivity index is 2.21. The summed E-state index contributed by atoms with van der Waals surface area (Å²) in [6.07, 6.45) is 0.731. The van der Waals surface area contributed by atoms with Crippen molar-refractivity contribution in [2.75, 3.05) is 33.5 Å². The van der Waals surface area contributed by atoms with Crippen LogP contribution < -0.4 is 5.46 Å². The molecule has 0 aliphatic carbocycles. The fourth-order valence-corrected chi connectivity index (χ4v) is 1.61. The molecule has 2 N–H and O–H groups in total. The summed E-state index contributed by atoms with van der Waals surface area (Å²) in [5.74, 6) is -0.517. The molecule has 0 aliphatic heterocycles. The van der Waals surface area contributed by atoms with Crippen LogP contribution in [0.25, 0.3) is 0 Å². The number of hydrogen-bond donors (Lipinski definition) is 2. The second-order valence-electron chi connectivity index (χ2n) is 4.28. The van der Waals surface area contributed by atoms with Gasteiger partial charge in [0.05, 0.1) is 19.8 Å². The zero-order valence-electron chi connectivity index (χ0n) is 11.5. The van der Waals surface area contributed by atoms with E-state index in [0.717, 1.165) is 12.5 Å². The second-order valence-corrected chi connectivity index (χ2v) is 4.28. The van der Waals surface area contributed by atoms with Crippen molar-refractivity contribution in [1.82, 2.24) is 0 Å². The van der Waals surface area contributed by atoms with Crippen molar-refractivity contribution < 1.29 is 28.6 Å². The SMILES string of the molecule is COCCOCCCOCc1cc(F)cc(B(O)O)c1. The summed E-state index contributed by atoms with van der Waals surface area (Å²) in [5.41, 5.74) is 0.680. The number of halogens is 1. The van der Waals surface area contributed by atoms with Crippen LogP contribution in [0.3, 0.4) is 0 Å². The molecule has 0 radical (unpaired) electrons. The van der Waals surface area contributed by atoms with Gasteiger partial charge in [0.2, 0.25) is 0 Å². The van der Waals surface area contributed by atoms with E-state index in [0.29, 0.717) is 32.0 Å². The van der Waals surface area contributed by atoms with Crippen molar-refractivity contribution in [3.05, 3.63) is 29.6 Å². The molecular weight excluding hydrogens is 266 g/mol. The zero-order chi connectivity index (χ0) is 14.8. The maximum Gasteiger partial charge on any atom is 0.488 e. The number of hydrogen-bond acceptors (Lipinski definition) is 5. The first-order valence-electron chi connectivity index (χ1n) is 6.43. The fraction of sp³-hybridized carbons (Fsp3) is 0.538. The largest absolute Gasteiger partial charge is 0.488 e. The summed E-state index contributed by atoms with van der Waals surface area (Å²) in [7, 11) is -0.0677. The summed E-state index contributed by atoms with van der Waals surface area (Å²) < 4.78 is 28.7. The molecular formula is C13H20BFO5. The molecule has 0 aliphatic rings. The molecule has 0 bridgehead atoms. The third-order valence-electron chi connectivity index (χ3n) is 2.56. The first-order valence-corrected chi connectivity index (χ1v) is 6.43. The maximum atomic E-state index is 13.2. The Morgan fingerprint density at radius 3 is 2.50 bits per heavy atom. The van der Waals surface area contributed by atoms with Gasteiger partial charge in [-0.05, 0) is 29.6 Å². The van der Waals surface area contributed by atoms with Gasteiger partial charge < -0.3 is 24.3 Å². The summed E-state index contributed by atoms with van der Waals surface area (Å²) >= 11 is 0. The second kappa shape index (κ2) is 9.85. The van der Waals surface area contributed by atoms with Gasteiger partial charge in [0.1, 0.15) is 5.82 Å². The summed E-state index contributed by atoms with van der Waals surface area (Å²) in [6.45, 7) is 2.40. The van der Waals surface area contributed by atoms with Crippen LogP contribution in [0, 0.1) is 5.82 Å². The van der Waals surface area contributed by atoms with E-state index in [1.54, 1.807) is 7.11 Å². The summed E-state index contributed by atoms with van der Waals surface area (Å²) in [5, 5.41) is 18.0. The van der Waals surface area contributed by atoms with E-state index in [1.165, 1.54) is 12.1 Å². The molecule has 1 aromatic carbocycles. The molecule has 112 valence electrons. The van der Waals surface area contributed by atoms with Gasteiger partial charge in [-0.25, -0.2) is 4.39 Å². The van der Waals surface area contributed by atoms with Crippen molar-refractivity contribution in [3.8, 4) is 0 Å². The molecule has 0 amide bonds. The van der Waals surface area contributed by atoms with Crippen molar-refractivity contribution in [2.24, 2.45) is 0 Å². The number of methoxy groups -OCH3 is 1. The van der Waals surface area contributed by atoms with Crippen molar-refractivity contribution in [3.63, 3.8) is 0 Å². The smallest absolute Gasteiger partial charge is 0.423 e. The normalized spacial score (nSPS) is 10.8. The highest BCUT2D eigenvalue weighted by Crippen LogP contribution is 2.04. The maximum absolute atomic E-state index is 13.2. The highest BCUT2D eigenvalue weighted by atomic mass is 19.1. The minimum absolute atomic E-state index is 0.117. The van der Waals surface area contributed by atoms with Crippen molar-refractivity contribution >= 4 is 12.6 Å². The number of rotatable bonds is 10. The molecule has 0 spiro atoms. The molecule has 0 unspecified atom stereocenters. The first kappa shape index (κ1) is 17.1. The highest BCUT2D eigenvalue weighted by molar-refractivity contribution is 6.58. The first-order chi connectivity index (χ1) is 9.63. The van der Waals surface area contributed by atoms with E-state index in [2.05, 4.69) is 0 Å².